The Morgan fingerprint density at radius 3 is 2.55 bits per heavy atom. The quantitative estimate of drug-likeness (QED) is 0.548. The minimum absolute atomic E-state index is 0.0416. The van der Waals surface area contributed by atoms with Gasteiger partial charge in [0.15, 0.2) is 0 Å². The second kappa shape index (κ2) is 8.35. The number of nitrogens with zero attached hydrogens (tertiary/aromatic N) is 4. The summed E-state index contributed by atoms with van der Waals surface area (Å²) in [5.41, 5.74) is 3.48. The number of nitrogens with one attached hydrogen (secondary N) is 1. The maximum atomic E-state index is 12.6. The van der Waals surface area contributed by atoms with Crippen LogP contribution in [0.3, 0.4) is 0 Å². The number of hydrogen-bond acceptors (Lipinski definition) is 5. The lowest BCUT2D eigenvalue weighted by atomic mass is 10.0. The van der Waals surface area contributed by atoms with Crippen molar-refractivity contribution in [2.75, 3.05) is 12.4 Å². The summed E-state index contributed by atoms with van der Waals surface area (Å²) in [5.74, 6) is 0.901. The van der Waals surface area contributed by atoms with E-state index in [2.05, 4.69) is 20.7 Å². The molecule has 29 heavy (non-hydrogen) atoms. The molecule has 3 aromatic carbocycles. The Bertz CT molecular complexity index is 1120. The summed E-state index contributed by atoms with van der Waals surface area (Å²) in [6.45, 7) is -0.0416. The number of tetrazole rings is 1. The Morgan fingerprint density at radius 1 is 0.966 bits per heavy atom. The van der Waals surface area contributed by atoms with Crippen molar-refractivity contribution in [2.45, 2.75) is 6.54 Å². The number of benzene rings is 3. The van der Waals surface area contributed by atoms with E-state index in [-0.39, 0.29) is 12.5 Å². The summed E-state index contributed by atoms with van der Waals surface area (Å²) in [6.07, 6.45) is 0. The lowest BCUT2D eigenvalue weighted by Gasteiger charge is -2.11. The molecule has 144 valence electrons. The monoisotopic (exact) mass is 385 g/mol. The molecule has 0 saturated heterocycles. The highest BCUT2D eigenvalue weighted by Gasteiger charge is 2.12. The van der Waals surface area contributed by atoms with Crippen LogP contribution < -0.4 is 10.1 Å². The Kier molecular flexibility index (Phi) is 5.29. The third kappa shape index (κ3) is 4.30. The lowest BCUT2D eigenvalue weighted by Crippen LogP contribution is -2.20. The highest BCUT2D eigenvalue weighted by molar-refractivity contribution is 5.95. The van der Waals surface area contributed by atoms with Gasteiger partial charge in [0.25, 0.3) is 0 Å². The third-order valence-corrected chi connectivity index (χ3v) is 4.35. The van der Waals surface area contributed by atoms with Crippen molar-refractivity contribution in [2.24, 2.45) is 0 Å². The molecule has 1 amide bonds. The maximum absolute atomic E-state index is 12.6. The van der Waals surface area contributed by atoms with Gasteiger partial charge in [-0.3, -0.25) is 4.79 Å². The zero-order valence-corrected chi connectivity index (χ0v) is 15.8. The van der Waals surface area contributed by atoms with Crippen LogP contribution in [0.1, 0.15) is 0 Å². The summed E-state index contributed by atoms with van der Waals surface area (Å²) in [6, 6.07) is 24.9. The van der Waals surface area contributed by atoms with Crippen LogP contribution in [0.15, 0.2) is 78.9 Å². The van der Waals surface area contributed by atoms with E-state index < -0.39 is 0 Å². The molecule has 0 saturated carbocycles. The summed E-state index contributed by atoms with van der Waals surface area (Å²) >= 11 is 0. The average molecular weight is 385 g/mol. The first kappa shape index (κ1) is 18.4. The van der Waals surface area contributed by atoms with Crippen molar-refractivity contribution in [3.05, 3.63) is 78.9 Å². The number of amides is 1. The van der Waals surface area contributed by atoms with Gasteiger partial charge in [0.1, 0.15) is 12.3 Å². The molecule has 1 N–H and O–H groups in total. The number of aromatic nitrogens is 4. The number of anilines is 1. The van der Waals surface area contributed by atoms with Crippen LogP contribution >= 0.6 is 0 Å². The lowest BCUT2D eigenvalue weighted by molar-refractivity contribution is -0.117. The molecule has 0 unspecified atom stereocenters. The van der Waals surface area contributed by atoms with Crippen LogP contribution in [0.4, 0.5) is 5.69 Å². The van der Waals surface area contributed by atoms with E-state index in [9.17, 15) is 4.79 Å². The number of carbonyl (C=O) groups is 1. The van der Waals surface area contributed by atoms with Crippen molar-refractivity contribution in [3.8, 4) is 28.3 Å². The molecule has 1 aromatic heterocycles. The fourth-order valence-corrected chi connectivity index (χ4v) is 2.97. The van der Waals surface area contributed by atoms with Crippen LogP contribution in [-0.2, 0) is 11.3 Å². The van der Waals surface area contributed by atoms with Gasteiger partial charge in [-0.25, -0.2) is 0 Å². The van der Waals surface area contributed by atoms with Gasteiger partial charge in [0.05, 0.1) is 7.11 Å². The normalized spacial score (nSPS) is 10.5. The molecule has 0 spiro atoms. The molecule has 4 aromatic rings. The Balaban J connectivity index is 1.48. The first-order valence-corrected chi connectivity index (χ1v) is 9.09. The Labute approximate surface area is 168 Å². The average Bonchev–Trinajstić information content (AvgIpc) is 3.23. The van der Waals surface area contributed by atoms with Crippen molar-refractivity contribution in [3.63, 3.8) is 0 Å². The van der Waals surface area contributed by atoms with Gasteiger partial charge in [-0.15, -0.1) is 10.2 Å². The molecule has 7 nitrogen and oxygen atoms in total. The molecule has 0 aliphatic heterocycles. The summed E-state index contributed by atoms with van der Waals surface area (Å²) < 4.78 is 5.21. The molecule has 4 rings (SSSR count). The fraction of sp³-hybridized carbons (Fsp3) is 0.0909. The highest BCUT2D eigenvalue weighted by atomic mass is 16.5. The first-order valence-electron chi connectivity index (χ1n) is 9.09. The third-order valence-electron chi connectivity index (χ3n) is 4.35. The second-order valence-electron chi connectivity index (χ2n) is 6.34. The minimum Gasteiger partial charge on any atom is -0.497 e. The van der Waals surface area contributed by atoms with E-state index in [0.717, 1.165) is 22.4 Å². The van der Waals surface area contributed by atoms with Gasteiger partial charge in [-0.05, 0) is 29.0 Å². The summed E-state index contributed by atoms with van der Waals surface area (Å²) in [4.78, 5) is 13.8. The Morgan fingerprint density at radius 2 is 1.72 bits per heavy atom. The van der Waals surface area contributed by atoms with E-state index in [0.29, 0.717) is 11.6 Å². The molecule has 0 bridgehead atoms. The molecule has 7 heteroatoms. The first-order chi connectivity index (χ1) is 14.2. The summed E-state index contributed by atoms with van der Waals surface area (Å²) in [5, 5.41) is 15.3. The van der Waals surface area contributed by atoms with E-state index in [1.807, 2.05) is 78.9 Å². The van der Waals surface area contributed by atoms with Crippen molar-refractivity contribution in [1.82, 2.24) is 20.2 Å². The van der Waals surface area contributed by atoms with Gasteiger partial charge in [0.2, 0.25) is 11.7 Å². The van der Waals surface area contributed by atoms with Crippen molar-refractivity contribution in [1.29, 1.82) is 0 Å². The molecule has 0 aliphatic rings. The van der Waals surface area contributed by atoms with Gasteiger partial charge in [-0.1, -0.05) is 60.7 Å². The fourth-order valence-electron chi connectivity index (χ4n) is 2.97. The van der Waals surface area contributed by atoms with Gasteiger partial charge >= 0.3 is 0 Å². The van der Waals surface area contributed by atoms with Crippen LogP contribution in [0.2, 0.25) is 0 Å². The predicted octanol–water partition coefficient (Wildman–Crippen LogP) is 3.65. The predicted molar refractivity (Wildman–Crippen MR) is 110 cm³/mol. The van der Waals surface area contributed by atoms with Crippen LogP contribution in [-0.4, -0.2) is 33.2 Å². The van der Waals surface area contributed by atoms with Gasteiger partial charge in [0, 0.05) is 16.8 Å². The number of methoxy groups -OCH3 is 1. The van der Waals surface area contributed by atoms with Gasteiger partial charge in [-0.2, -0.15) is 4.80 Å². The van der Waals surface area contributed by atoms with Crippen LogP contribution in [0.25, 0.3) is 22.5 Å². The molecular formula is C22H19N5O2. The van der Waals surface area contributed by atoms with E-state index in [4.69, 9.17) is 4.74 Å². The van der Waals surface area contributed by atoms with E-state index in [1.54, 1.807) is 7.11 Å². The molecule has 0 atom stereocenters. The molecular weight excluding hydrogens is 366 g/mol. The van der Waals surface area contributed by atoms with Crippen LogP contribution in [0, 0.1) is 0 Å². The number of para-hydroxylation sites is 1. The molecule has 0 fully saturated rings. The standard InChI is InChI=1S/C22H19N5O2/c1-29-18-11-7-10-17(14-18)22-24-26-27(25-22)15-21(28)23-20-13-6-5-12-19(20)16-8-3-2-4-9-16/h2-14H,15H2,1H3,(H,23,28). The smallest absolute Gasteiger partial charge is 0.248 e. The van der Waals surface area contributed by atoms with Gasteiger partial charge < -0.3 is 10.1 Å². The molecule has 0 radical (unpaired) electrons. The van der Waals surface area contributed by atoms with E-state index in [1.165, 1.54) is 4.80 Å². The number of carbonyl (C=O) groups excluding carboxylic acids is 1. The molecule has 0 aliphatic carbocycles. The SMILES string of the molecule is COc1cccc(-c2nnn(CC(=O)Nc3ccccc3-c3ccccc3)n2)c1. The van der Waals surface area contributed by atoms with Crippen LogP contribution in [0.5, 0.6) is 5.75 Å². The largest absolute Gasteiger partial charge is 0.497 e. The Hall–Kier alpha value is -4.00. The topological polar surface area (TPSA) is 81.9 Å². The maximum Gasteiger partial charge on any atom is 0.248 e. The molecule has 1 heterocycles. The minimum atomic E-state index is -0.233. The zero-order chi connectivity index (χ0) is 20.1. The van der Waals surface area contributed by atoms with E-state index >= 15 is 0 Å². The summed E-state index contributed by atoms with van der Waals surface area (Å²) in [7, 11) is 1.60. The second-order valence-corrected chi connectivity index (χ2v) is 6.34. The number of hydrogen-bond donors (Lipinski definition) is 1. The highest BCUT2D eigenvalue weighted by Crippen LogP contribution is 2.27. The zero-order valence-electron chi connectivity index (χ0n) is 15.8. The van der Waals surface area contributed by atoms with Crippen molar-refractivity contribution < 1.29 is 9.53 Å². The number of rotatable bonds is 6. The van der Waals surface area contributed by atoms with Crippen molar-refractivity contribution >= 4 is 11.6 Å². The number of ether oxygens (including phenoxy) is 1.